The fraction of sp³-hybridized carbons (Fsp3) is 0.273. The second-order valence-electron chi connectivity index (χ2n) is 6.81. The summed E-state index contributed by atoms with van der Waals surface area (Å²) >= 11 is 0. The summed E-state index contributed by atoms with van der Waals surface area (Å²) in [7, 11) is -3.75. The maximum atomic E-state index is 13.5. The Labute approximate surface area is 169 Å². The van der Waals surface area contributed by atoms with Crippen molar-refractivity contribution in [2.24, 2.45) is 0 Å². The third-order valence-corrected chi connectivity index (χ3v) is 6.96. The average molecular weight is 415 g/mol. The third-order valence-electron chi connectivity index (χ3n) is 5.03. The Balaban J connectivity index is 1.69. The van der Waals surface area contributed by atoms with E-state index in [1.807, 2.05) is 25.1 Å². The second-order valence-corrected chi connectivity index (χ2v) is 8.72. The summed E-state index contributed by atoms with van der Waals surface area (Å²) in [5.74, 6) is 0.322. The molecule has 3 aromatic carbocycles. The number of morpholine rings is 1. The number of hydrogen-bond acceptors (Lipinski definition) is 4. The zero-order valence-corrected chi connectivity index (χ0v) is 16.9. The Bertz CT molecular complexity index is 1120. The van der Waals surface area contributed by atoms with Gasteiger partial charge in [-0.25, -0.2) is 12.8 Å². The topological polar surface area (TPSA) is 55.8 Å². The molecule has 0 bridgehead atoms. The van der Waals surface area contributed by atoms with Crippen LogP contribution in [0.5, 0.6) is 5.75 Å². The van der Waals surface area contributed by atoms with Crippen LogP contribution in [0.15, 0.2) is 65.6 Å². The van der Waals surface area contributed by atoms with E-state index in [4.69, 9.17) is 9.47 Å². The van der Waals surface area contributed by atoms with E-state index in [-0.39, 0.29) is 30.4 Å². The molecular weight excluding hydrogens is 393 g/mol. The highest BCUT2D eigenvalue weighted by molar-refractivity contribution is 7.89. The number of nitrogens with zero attached hydrogens (tertiary/aromatic N) is 1. The molecule has 1 fully saturated rings. The van der Waals surface area contributed by atoms with E-state index >= 15 is 0 Å². The van der Waals surface area contributed by atoms with Crippen molar-refractivity contribution in [1.82, 2.24) is 4.31 Å². The van der Waals surface area contributed by atoms with Crippen LogP contribution < -0.4 is 4.74 Å². The molecule has 5 nitrogen and oxygen atoms in total. The lowest BCUT2D eigenvalue weighted by molar-refractivity contribution is -0.00256. The number of benzene rings is 3. The van der Waals surface area contributed by atoms with Crippen LogP contribution in [-0.2, 0) is 14.8 Å². The molecule has 1 saturated heterocycles. The predicted molar refractivity (Wildman–Crippen MR) is 109 cm³/mol. The molecule has 3 aromatic rings. The van der Waals surface area contributed by atoms with E-state index in [1.165, 1.54) is 16.4 Å². The molecule has 0 spiro atoms. The van der Waals surface area contributed by atoms with E-state index in [0.29, 0.717) is 17.7 Å². The van der Waals surface area contributed by atoms with Crippen LogP contribution in [0.2, 0.25) is 0 Å². The highest BCUT2D eigenvalue weighted by Gasteiger charge is 2.32. The number of hydrogen-bond donors (Lipinski definition) is 0. The van der Waals surface area contributed by atoms with Gasteiger partial charge in [0.05, 0.1) is 24.2 Å². The summed E-state index contributed by atoms with van der Waals surface area (Å²) in [5, 5.41) is 1.39. The van der Waals surface area contributed by atoms with E-state index in [2.05, 4.69) is 0 Å². The summed E-state index contributed by atoms with van der Waals surface area (Å²) < 4.78 is 53.0. The summed E-state index contributed by atoms with van der Waals surface area (Å²) in [6.45, 7) is 3.11. The van der Waals surface area contributed by atoms with Gasteiger partial charge < -0.3 is 9.47 Å². The summed E-state index contributed by atoms with van der Waals surface area (Å²) in [4.78, 5) is 0.247. The van der Waals surface area contributed by atoms with Crippen molar-refractivity contribution in [2.75, 3.05) is 26.3 Å². The monoisotopic (exact) mass is 415 g/mol. The van der Waals surface area contributed by atoms with Gasteiger partial charge in [-0.2, -0.15) is 4.31 Å². The Kier molecular flexibility index (Phi) is 5.54. The van der Waals surface area contributed by atoms with Crippen molar-refractivity contribution < 1.29 is 22.3 Å². The van der Waals surface area contributed by atoms with Crippen molar-refractivity contribution >= 4 is 20.8 Å². The molecule has 152 valence electrons. The van der Waals surface area contributed by atoms with Crippen LogP contribution in [0.3, 0.4) is 0 Å². The first-order valence-electron chi connectivity index (χ1n) is 9.52. The SMILES string of the molecule is CCOc1ccc(S(=O)(=O)N2CCO[C@@H](c3ccc(F)cc3)C2)c2ccccc12. The van der Waals surface area contributed by atoms with Gasteiger partial charge >= 0.3 is 0 Å². The quantitative estimate of drug-likeness (QED) is 0.629. The van der Waals surface area contributed by atoms with Gasteiger partial charge in [0, 0.05) is 23.9 Å². The Morgan fingerprint density at radius 1 is 1.07 bits per heavy atom. The number of ether oxygens (including phenoxy) is 2. The van der Waals surface area contributed by atoms with Gasteiger partial charge in [0.2, 0.25) is 10.0 Å². The number of sulfonamides is 1. The van der Waals surface area contributed by atoms with E-state index in [9.17, 15) is 12.8 Å². The van der Waals surface area contributed by atoms with E-state index < -0.39 is 16.1 Å². The summed E-state index contributed by atoms with van der Waals surface area (Å²) in [6.07, 6.45) is -0.437. The standard InChI is InChI=1S/C22H22FNO4S/c1-2-27-20-11-12-22(19-6-4-3-5-18(19)20)29(25,26)24-13-14-28-21(15-24)16-7-9-17(23)10-8-16/h3-12,21H,2,13-15H2,1H3/t21-/m1/s1. The number of halogens is 1. The zero-order valence-electron chi connectivity index (χ0n) is 16.0. The molecule has 0 saturated carbocycles. The Hall–Kier alpha value is -2.48. The maximum Gasteiger partial charge on any atom is 0.243 e. The van der Waals surface area contributed by atoms with E-state index in [1.54, 1.807) is 30.3 Å². The molecule has 0 unspecified atom stereocenters. The normalized spacial score (nSPS) is 18.1. The first-order valence-corrected chi connectivity index (χ1v) is 11.0. The zero-order chi connectivity index (χ0) is 20.4. The molecule has 1 atom stereocenters. The summed E-state index contributed by atoms with van der Waals surface area (Å²) in [5.41, 5.74) is 0.753. The molecule has 0 amide bonds. The Morgan fingerprint density at radius 3 is 2.52 bits per heavy atom. The Morgan fingerprint density at radius 2 is 1.79 bits per heavy atom. The number of rotatable bonds is 5. The van der Waals surface area contributed by atoms with Gasteiger partial charge in [0.15, 0.2) is 0 Å². The minimum atomic E-state index is -3.75. The van der Waals surface area contributed by atoms with Crippen LogP contribution in [0.4, 0.5) is 4.39 Å². The molecule has 1 aliphatic rings. The molecule has 29 heavy (non-hydrogen) atoms. The molecule has 7 heteroatoms. The first kappa shape index (κ1) is 19.8. The predicted octanol–water partition coefficient (Wildman–Crippen LogP) is 4.14. The second kappa shape index (κ2) is 8.10. The van der Waals surface area contributed by atoms with Crippen LogP contribution in [0.25, 0.3) is 10.8 Å². The third kappa shape index (κ3) is 3.85. The maximum absolute atomic E-state index is 13.5. The molecule has 0 N–H and O–H groups in total. The lowest BCUT2D eigenvalue weighted by atomic mass is 10.1. The smallest absolute Gasteiger partial charge is 0.243 e. The molecule has 0 radical (unpaired) electrons. The molecular formula is C22H22FNO4S. The first-order chi connectivity index (χ1) is 14.0. The molecule has 1 heterocycles. The van der Waals surface area contributed by atoms with Gasteiger partial charge in [-0.05, 0) is 36.8 Å². The summed E-state index contributed by atoms with van der Waals surface area (Å²) in [6, 6.07) is 16.6. The van der Waals surface area contributed by atoms with Crippen molar-refractivity contribution in [3.05, 3.63) is 72.0 Å². The van der Waals surface area contributed by atoms with Gasteiger partial charge in [0.1, 0.15) is 11.6 Å². The molecule has 0 aliphatic carbocycles. The van der Waals surface area contributed by atoms with Crippen molar-refractivity contribution in [3.63, 3.8) is 0 Å². The van der Waals surface area contributed by atoms with Gasteiger partial charge in [0.25, 0.3) is 0 Å². The number of fused-ring (bicyclic) bond motifs is 1. The minimum absolute atomic E-state index is 0.176. The minimum Gasteiger partial charge on any atom is -0.493 e. The van der Waals surface area contributed by atoms with Crippen LogP contribution >= 0.6 is 0 Å². The lowest BCUT2D eigenvalue weighted by Crippen LogP contribution is -2.42. The molecule has 4 rings (SSSR count). The van der Waals surface area contributed by atoms with Crippen molar-refractivity contribution in [2.45, 2.75) is 17.9 Å². The van der Waals surface area contributed by atoms with Crippen molar-refractivity contribution in [3.8, 4) is 5.75 Å². The van der Waals surface area contributed by atoms with Gasteiger partial charge in [-0.15, -0.1) is 0 Å². The van der Waals surface area contributed by atoms with Gasteiger partial charge in [-0.1, -0.05) is 36.4 Å². The molecule has 0 aromatic heterocycles. The van der Waals surface area contributed by atoms with Crippen LogP contribution in [-0.4, -0.2) is 39.0 Å². The largest absolute Gasteiger partial charge is 0.493 e. The molecule has 1 aliphatic heterocycles. The average Bonchev–Trinajstić information content (AvgIpc) is 2.74. The van der Waals surface area contributed by atoms with E-state index in [0.717, 1.165) is 10.9 Å². The van der Waals surface area contributed by atoms with Gasteiger partial charge in [-0.3, -0.25) is 0 Å². The fourth-order valence-electron chi connectivity index (χ4n) is 3.61. The lowest BCUT2D eigenvalue weighted by Gasteiger charge is -2.32. The van der Waals surface area contributed by atoms with Crippen LogP contribution in [0.1, 0.15) is 18.6 Å². The highest BCUT2D eigenvalue weighted by atomic mass is 32.2. The van der Waals surface area contributed by atoms with Crippen molar-refractivity contribution in [1.29, 1.82) is 0 Å². The highest BCUT2D eigenvalue weighted by Crippen LogP contribution is 2.34. The van der Waals surface area contributed by atoms with Crippen LogP contribution in [0, 0.1) is 5.82 Å². The fourth-order valence-corrected chi connectivity index (χ4v) is 5.23.